The highest BCUT2D eigenvalue weighted by molar-refractivity contribution is 7.89. The summed E-state index contributed by atoms with van der Waals surface area (Å²) in [6, 6.07) is -0.0752. The molecule has 1 fully saturated rings. The molecule has 0 spiro atoms. The minimum absolute atomic E-state index is 0.0752. The fraction of sp³-hybridized carbons (Fsp3) is 1.00. The third kappa shape index (κ3) is 5.02. The van der Waals surface area contributed by atoms with Gasteiger partial charge in [0.05, 0.1) is 5.75 Å². The topological polar surface area (TPSA) is 46.2 Å². The molecule has 1 aliphatic carbocycles. The molecule has 1 unspecified atom stereocenters. The SMILES string of the molecule is CC(C)(C)C(CCCl)NS(=O)(=O)CC1CC1. The Labute approximate surface area is 104 Å². The van der Waals surface area contributed by atoms with Crippen LogP contribution in [-0.2, 0) is 10.0 Å². The number of hydrogen-bond donors (Lipinski definition) is 1. The molecule has 16 heavy (non-hydrogen) atoms. The predicted molar refractivity (Wildman–Crippen MR) is 68.2 cm³/mol. The van der Waals surface area contributed by atoms with Crippen LogP contribution in [0.4, 0.5) is 0 Å². The van der Waals surface area contributed by atoms with Crippen LogP contribution in [0.3, 0.4) is 0 Å². The lowest BCUT2D eigenvalue weighted by atomic mass is 9.86. The van der Waals surface area contributed by atoms with Crippen LogP contribution in [0.15, 0.2) is 0 Å². The fourth-order valence-electron chi connectivity index (χ4n) is 1.64. The molecule has 0 saturated heterocycles. The molecule has 0 aromatic carbocycles. The van der Waals surface area contributed by atoms with Crippen molar-refractivity contribution in [2.75, 3.05) is 11.6 Å². The Hall–Kier alpha value is 0.200. The molecule has 1 N–H and O–H groups in total. The molecule has 1 aliphatic rings. The van der Waals surface area contributed by atoms with E-state index in [4.69, 9.17) is 11.6 Å². The van der Waals surface area contributed by atoms with E-state index >= 15 is 0 Å². The molecule has 1 rings (SSSR count). The number of sulfonamides is 1. The fourth-order valence-corrected chi connectivity index (χ4v) is 3.81. The van der Waals surface area contributed by atoms with E-state index in [-0.39, 0.29) is 17.2 Å². The van der Waals surface area contributed by atoms with Crippen molar-refractivity contribution < 1.29 is 8.42 Å². The molecule has 96 valence electrons. The summed E-state index contributed by atoms with van der Waals surface area (Å²) in [6.45, 7) is 6.09. The van der Waals surface area contributed by atoms with E-state index in [0.717, 1.165) is 12.8 Å². The summed E-state index contributed by atoms with van der Waals surface area (Å²) in [4.78, 5) is 0. The molecule has 0 bridgehead atoms. The second kappa shape index (κ2) is 5.23. The standard InChI is InChI=1S/C11H22ClNO2S/c1-11(2,3)10(6-7-12)13-16(14,15)8-9-4-5-9/h9-10,13H,4-8H2,1-3H3. The average Bonchev–Trinajstić information content (AvgIpc) is 2.84. The first-order valence-electron chi connectivity index (χ1n) is 5.80. The van der Waals surface area contributed by atoms with Crippen molar-refractivity contribution in [2.24, 2.45) is 11.3 Å². The summed E-state index contributed by atoms with van der Waals surface area (Å²) in [7, 11) is -3.13. The minimum atomic E-state index is -3.13. The highest BCUT2D eigenvalue weighted by Gasteiger charge is 2.32. The molecular formula is C11H22ClNO2S. The second-order valence-electron chi connectivity index (χ2n) is 5.74. The Morgan fingerprint density at radius 3 is 2.31 bits per heavy atom. The van der Waals surface area contributed by atoms with Gasteiger partial charge in [-0.1, -0.05) is 20.8 Å². The Morgan fingerprint density at radius 2 is 1.94 bits per heavy atom. The second-order valence-corrected chi connectivity index (χ2v) is 7.92. The summed E-state index contributed by atoms with van der Waals surface area (Å²) >= 11 is 5.71. The maximum atomic E-state index is 11.9. The van der Waals surface area contributed by atoms with Crippen LogP contribution in [0, 0.1) is 11.3 Å². The van der Waals surface area contributed by atoms with Gasteiger partial charge in [-0.15, -0.1) is 11.6 Å². The molecule has 0 radical (unpaired) electrons. The van der Waals surface area contributed by atoms with Crippen molar-refractivity contribution in [3.63, 3.8) is 0 Å². The van der Waals surface area contributed by atoms with E-state index in [0.29, 0.717) is 18.2 Å². The van der Waals surface area contributed by atoms with Gasteiger partial charge in [-0.25, -0.2) is 13.1 Å². The van der Waals surface area contributed by atoms with Crippen molar-refractivity contribution in [1.29, 1.82) is 0 Å². The van der Waals surface area contributed by atoms with Gasteiger partial charge in [-0.3, -0.25) is 0 Å². The minimum Gasteiger partial charge on any atom is -0.212 e. The monoisotopic (exact) mass is 267 g/mol. The largest absolute Gasteiger partial charge is 0.212 e. The molecule has 0 aromatic heterocycles. The van der Waals surface area contributed by atoms with Gasteiger partial charge in [0.25, 0.3) is 0 Å². The van der Waals surface area contributed by atoms with Crippen LogP contribution in [0.5, 0.6) is 0 Å². The normalized spacial score (nSPS) is 19.8. The quantitative estimate of drug-likeness (QED) is 0.751. The Morgan fingerprint density at radius 1 is 1.38 bits per heavy atom. The highest BCUT2D eigenvalue weighted by Crippen LogP contribution is 2.31. The van der Waals surface area contributed by atoms with Gasteiger partial charge in [0.2, 0.25) is 10.0 Å². The van der Waals surface area contributed by atoms with Gasteiger partial charge in [-0.05, 0) is 30.6 Å². The van der Waals surface area contributed by atoms with Gasteiger partial charge >= 0.3 is 0 Å². The summed E-state index contributed by atoms with van der Waals surface area (Å²) in [5.41, 5.74) is -0.0918. The van der Waals surface area contributed by atoms with Crippen LogP contribution in [0.1, 0.15) is 40.0 Å². The number of rotatable bonds is 6. The Bertz CT molecular complexity index is 317. The van der Waals surface area contributed by atoms with Crippen LogP contribution in [-0.4, -0.2) is 26.1 Å². The van der Waals surface area contributed by atoms with E-state index in [9.17, 15) is 8.42 Å². The Balaban J connectivity index is 2.59. The smallest absolute Gasteiger partial charge is 0.212 e. The van der Waals surface area contributed by atoms with Crippen molar-refractivity contribution in [1.82, 2.24) is 4.72 Å². The maximum absolute atomic E-state index is 11.9. The van der Waals surface area contributed by atoms with Crippen LogP contribution in [0.25, 0.3) is 0 Å². The molecule has 3 nitrogen and oxygen atoms in total. The zero-order valence-corrected chi connectivity index (χ0v) is 11.9. The lowest BCUT2D eigenvalue weighted by molar-refractivity contribution is 0.292. The van der Waals surface area contributed by atoms with Gasteiger partial charge in [0, 0.05) is 11.9 Å². The molecular weight excluding hydrogens is 246 g/mol. The van der Waals surface area contributed by atoms with Gasteiger partial charge in [-0.2, -0.15) is 0 Å². The van der Waals surface area contributed by atoms with Gasteiger partial charge in [0.15, 0.2) is 0 Å². The van der Waals surface area contributed by atoms with E-state index in [1.54, 1.807) is 0 Å². The summed E-state index contributed by atoms with van der Waals surface area (Å²) in [6.07, 6.45) is 2.78. The van der Waals surface area contributed by atoms with Crippen molar-refractivity contribution >= 4 is 21.6 Å². The molecule has 1 atom stereocenters. The van der Waals surface area contributed by atoms with E-state index in [2.05, 4.69) is 4.72 Å². The molecule has 1 saturated carbocycles. The highest BCUT2D eigenvalue weighted by atomic mass is 35.5. The van der Waals surface area contributed by atoms with Crippen molar-refractivity contribution in [3.8, 4) is 0 Å². The van der Waals surface area contributed by atoms with E-state index < -0.39 is 10.0 Å². The van der Waals surface area contributed by atoms with Crippen LogP contribution < -0.4 is 4.72 Å². The lowest BCUT2D eigenvalue weighted by Gasteiger charge is -2.30. The molecule has 0 aliphatic heterocycles. The van der Waals surface area contributed by atoms with E-state index in [1.807, 2.05) is 20.8 Å². The average molecular weight is 268 g/mol. The predicted octanol–water partition coefficient (Wildman–Crippen LogP) is 2.36. The lowest BCUT2D eigenvalue weighted by Crippen LogP contribution is -2.45. The zero-order valence-electron chi connectivity index (χ0n) is 10.3. The summed E-state index contributed by atoms with van der Waals surface area (Å²) in [5.74, 6) is 1.14. The maximum Gasteiger partial charge on any atom is 0.212 e. The molecule has 5 heteroatoms. The van der Waals surface area contributed by atoms with Crippen molar-refractivity contribution in [3.05, 3.63) is 0 Å². The molecule has 0 aromatic rings. The number of nitrogens with one attached hydrogen (secondary N) is 1. The van der Waals surface area contributed by atoms with Crippen molar-refractivity contribution in [2.45, 2.75) is 46.1 Å². The molecule has 0 heterocycles. The van der Waals surface area contributed by atoms with Crippen LogP contribution >= 0.6 is 11.6 Å². The zero-order chi connectivity index (χ0) is 12.4. The van der Waals surface area contributed by atoms with Crippen LogP contribution in [0.2, 0.25) is 0 Å². The third-order valence-electron chi connectivity index (χ3n) is 2.92. The third-order valence-corrected chi connectivity index (χ3v) is 4.69. The van der Waals surface area contributed by atoms with E-state index in [1.165, 1.54) is 0 Å². The summed E-state index contributed by atoms with van der Waals surface area (Å²) in [5, 5.41) is 0. The number of alkyl halides is 1. The summed E-state index contributed by atoms with van der Waals surface area (Å²) < 4.78 is 26.5. The first kappa shape index (κ1) is 14.3. The number of hydrogen-bond acceptors (Lipinski definition) is 2. The van der Waals surface area contributed by atoms with Gasteiger partial charge in [0.1, 0.15) is 0 Å². The number of halogens is 1. The first-order chi connectivity index (χ1) is 7.24. The Kier molecular flexibility index (Phi) is 4.66. The first-order valence-corrected chi connectivity index (χ1v) is 7.99. The van der Waals surface area contributed by atoms with Gasteiger partial charge < -0.3 is 0 Å². The molecule has 0 amide bonds.